The number of hydrogen-bond acceptors (Lipinski definition) is 3. The van der Waals surface area contributed by atoms with Gasteiger partial charge in [-0.15, -0.1) is 0 Å². The molecule has 0 bridgehead atoms. The van der Waals surface area contributed by atoms with E-state index in [9.17, 15) is 13.6 Å². The first-order valence-corrected chi connectivity index (χ1v) is 7.16. The Morgan fingerprint density at radius 3 is 2.32 bits per heavy atom. The number of aryl methyl sites for hydroxylation is 1. The van der Waals surface area contributed by atoms with E-state index in [4.69, 9.17) is 4.74 Å². The van der Waals surface area contributed by atoms with Crippen molar-refractivity contribution in [3.63, 3.8) is 0 Å². The number of halogens is 3. The fraction of sp³-hybridized carbons (Fsp3) is 0.188. The van der Waals surface area contributed by atoms with Crippen molar-refractivity contribution < 1.29 is 23.0 Å². The highest BCUT2D eigenvalue weighted by molar-refractivity contribution is 9.10. The number of ether oxygens (including phenoxy) is 2. The van der Waals surface area contributed by atoms with Crippen LogP contribution in [0.15, 0.2) is 40.9 Å². The van der Waals surface area contributed by atoms with Crippen LogP contribution in [0.4, 0.5) is 8.78 Å². The number of hydrogen-bond donors (Lipinski definition) is 0. The molecule has 6 heteroatoms. The molecule has 3 nitrogen and oxygen atoms in total. The highest BCUT2D eigenvalue weighted by Crippen LogP contribution is 2.39. The smallest absolute Gasteiger partial charge is 0.337 e. The van der Waals surface area contributed by atoms with Gasteiger partial charge < -0.3 is 9.47 Å². The van der Waals surface area contributed by atoms with Crippen molar-refractivity contribution in [2.24, 2.45) is 0 Å². The zero-order valence-electron chi connectivity index (χ0n) is 11.9. The molecule has 0 unspecified atom stereocenters. The lowest BCUT2D eigenvalue weighted by Crippen LogP contribution is -2.01. The third kappa shape index (κ3) is 3.44. The molecule has 2 aromatic rings. The predicted octanol–water partition coefficient (Wildman–Crippen LogP) is 5.27. The van der Waals surface area contributed by atoms with Crippen molar-refractivity contribution >= 4 is 21.9 Å². The van der Waals surface area contributed by atoms with Crippen LogP contribution in [0.5, 0.6) is 11.5 Å². The van der Waals surface area contributed by atoms with Crippen molar-refractivity contribution in [2.45, 2.75) is 13.3 Å². The van der Waals surface area contributed by atoms with Crippen LogP contribution in [0, 0.1) is 6.92 Å². The maximum atomic E-state index is 13.2. The van der Waals surface area contributed by atoms with Gasteiger partial charge in [0.05, 0.1) is 18.2 Å². The molecular formula is C16H13BrF2O3. The van der Waals surface area contributed by atoms with Gasteiger partial charge in [-0.25, -0.2) is 13.6 Å². The maximum absolute atomic E-state index is 13.2. The van der Waals surface area contributed by atoms with Gasteiger partial charge >= 0.3 is 5.97 Å². The van der Waals surface area contributed by atoms with Crippen LogP contribution in [0.2, 0.25) is 0 Å². The molecular weight excluding hydrogens is 358 g/mol. The van der Waals surface area contributed by atoms with Gasteiger partial charge in [-0.2, -0.15) is 0 Å². The average Bonchev–Trinajstić information content (AvgIpc) is 2.50. The lowest BCUT2D eigenvalue weighted by Gasteiger charge is -2.15. The van der Waals surface area contributed by atoms with Crippen LogP contribution >= 0.6 is 15.9 Å². The molecule has 0 aliphatic heterocycles. The largest absolute Gasteiger partial charge is 0.465 e. The van der Waals surface area contributed by atoms with Crippen LogP contribution in [0.25, 0.3) is 0 Å². The summed E-state index contributed by atoms with van der Waals surface area (Å²) in [6.07, 6.45) is -2.67. The summed E-state index contributed by atoms with van der Waals surface area (Å²) in [6.45, 7) is 1.69. The van der Waals surface area contributed by atoms with Crippen LogP contribution in [-0.4, -0.2) is 13.1 Å². The summed E-state index contributed by atoms with van der Waals surface area (Å²) in [7, 11) is 1.28. The Morgan fingerprint density at radius 1 is 1.14 bits per heavy atom. The fourth-order valence-corrected chi connectivity index (χ4v) is 2.40. The topological polar surface area (TPSA) is 35.5 Å². The van der Waals surface area contributed by atoms with Crippen LogP contribution in [0.3, 0.4) is 0 Å². The van der Waals surface area contributed by atoms with Crippen molar-refractivity contribution in [2.75, 3.05) is 7.11 Å². The Bertz CT molecular complexity index is 685. The van der Waals surface area contributed by atoms with E-state index < -0.39 is 12.4 Å². The minimum absolute atomic E-state index is 0.107. The molecule has 0 saturated carbocycles. The van der Waals surface area contributed by atoms with Crippen LogP contribution in [0.1, 0.15) is 27.9 Å². The molecule has 0 amide bonds. The Hall–Kier alpha value is -1.95. The van der Waals surface area contributed by atoms with Gasteiger partial charge in [0.1, 0.15) is 11.5 Å². The van der Waals surface area contributed by atoms with Gasteiger partial charge in [0.15, 0.2) is 0 Å². The van der Waals surface area contributed by atoms with Gasteiger partial charge in [-0.3, -0.25) is 0 Å². The van der Waals surface area contributed by atoms with E-state index in [-0.39, 0.29) is 15.8 Å². The summed E-state index contributed by atoms with van der Waals surface area (Å²) in [4.78, 5) is 11.4. The zero-order chi connectivity index (χ0) is 16.3. The molecule has 0 saturated heterocycles. The molecule has 0 aliphatic carbocycles. The Balaban J connectivity index is 2.35. The van der Waals surface area contributed by atoms with Crippen LogP contribution in [-0.2, 0) is 4.74 Å². The minimum atomic E-state index is -2.67. The van der Waals surface area contributed by atoms with E-state index >= 15 is 0 Å². The first-order chi connectivity index (χ1) is 10.4. The molecule has 2 aromatic carbocycles. The highest BCUT2D eigenvalue weighted by atomic mass is 79.9. The monoisotopic (exact) mass is 370 g/mol. The minimum Gasteiger partial charge on any atom is -0.465 e. The van der Waals surface area contributed by atoms with Crippen molar-refractivity contribution in [1.29, 1.82) is 0 Å². The van der Waals surface area contributed by atoms with E-state index in [1.165, 1.54) is 31.4 Å². The third-order valence-electron chi connectivity index (χ3n) is 3.05. The first kappa shape index (κ1) is 16.4. The van der Waals surface area contributed by atoms with Gasteiger partial charge in [-0.1, -0.05) is 22.0 Å². The summed E-state index contributed by atoms with van der Waals surface area (Å²) in [5, 5.41) is 0. The van der Waals surface area contributed by atoms with Crippen molar-refractivity contribution in [3.05, 3.63) is 57.6 Å². The second kappa shape index (κ2) is 6.87. The molecule has 0 N–H and O–H groups in total. The van der Waals surface area contributed by atoms with E-state index in [1.807, 2.05) is 0 Å². The number of alkyl halides is 2. The van der Waals surface area contributed by atoms with E-state index in [0.29, 0.717) is 16.9 Å². The van der Waals surface area contributed by atoms with Gasteiger partial charge in [0.2, 0.25) is 0 Å². The van der Waals surface area contributed by atoms with E-state index in [2.05, 4.69) is 20.7 Å². The summed E-state index contributed by atoms with van der Waals surface area (Å²) in [5.41, 5.74) is 0.752. The lowest BCUT2D eigenvalue weighted by molar-refractivity contribution is 0.0600. The molecule has 0 aromatic heterocycles. The third-order valence-corrected chi connectivity index (χ3v) is 3.74. The van der Waals surface area contributed by atoms with Gasteiger partial charge in [0, 0.05) is 4.47 Å². The molecule has 0 radical (unpaired) electrons. The number of benzene rings is 2. The first-order valence-electron chi connectivity index (χ1n) is 6.37. The molecule has 0 spiro atoms. The summed E-state index contributed by atoms with van der Waals surface area (Å²) < 4.78 is 36.9. The number of esters is 1. The SMILES string of the molecule is COC(=O)c1ccc(Oc2c(C)ccc(Br)c2C(F)F)cc1. The molecule has 0 atom stereocenters. The molecule has 22 heavy (non-hydrogen) atoms. The molecule has 116 valence electrons. The Labute approximate surface area is 135 Å². The van der Waals surface area contributed by atoms with Gasteiger partial charge in [0.25, 0.3) is 6.43 Å². The maximum Gasteiger partial charge on any atom is 0.337 e. The van der Waals surface area contributed by atoms with Gasteiger partial charge in [-0.05, 0) is 42.8 Å². The van der Waals surface area contributed by atoms with Crippen molar-refractivity contribution in [3.8, 4) is 11.5 Å². The molecule has 2 rings (SSSR count). The number of carbonyl (C=O) groups excluding carboxylic acids is 1. The Kier molecular flexibility index (Phi) is 5.13. The van der Waals surface area contributed by atoms with Crippen molar-refractivity contribution in [1.82, 2.24) is 0 Å². The number of rotatable bonds is 4. The molecule has 0 fully saturated rings. The second-order valence-corrected chi connectivity index (χ2v) is 5.38. The quantitative estimate of drug-likeness (QED) is 0.687. The lowest BCUT2D eigenvalue weighted by atomic mass is 10.1. The number of carbonyl (C=O) groups is 1. The predicted molar refractivity (Wildman–Crippen MR) is 81.7 cm³/mol. The highest BCUT2D eigenvalue weighted by Gasteiger charge is 2.20. The standard InChI is InChI=1S/C16H13BrF2O3/c1-9-3-8-12(17)13(15(18)19)14(9)22-11-6-4-10(5-7-11)16(20)21-2/h3-8,15H,1-2H3. The van der Waals surface area contributed by atoms with E-state index in [0.717, 1.165) is 0 Å². The number of methoxy groups -OCH3 is 1. The molecule has 0 aliphatic rings. The fourth-order valence-electron chi connectivity index (χ4n) is 1.92. The van der Waals surface area contributed by atoms with Crippen LogP contribution < -0.4 is 4.74 Å². The summed E-state index contributed by atoms with van der Waals surface area (Å²) in [6, 6.07) is 9.33. The molecule has 0 heterocycles. The Morgan fingerprint density at radius 2 is 1.77 bits per heavy atom. The summed E-state index contributed by atoms with van der Waals surface area (Å²) in [5.74, 6) is -0.00981. The normalized spacial score (nSPS) is 10.6. The average molecular weight is 371 g/mol. The summed E-state index contributed by atoms with van der Waals surface area (Å²) >= 11 is 3.11. The second-order valence-electron chi connectivity index (χ2n) is 4.53. The zero-order valence-corrected chi connectivity index (χ0v) is 13.5. The van der Waals surface area contributed by atoms with E-state index in [1.54, 1.807) is 19.1 Å².